The summed E-state index contributed by atoms with van der Waals surface area (Å²) in [6.07, 6.45) is 5.94. The van der Waals surface area contributed by atoms with Crippen LogP contribution in [0, 0.1) is 0 Å². The van der Waals surface area contributed by atoms with Gasteiger partial charge in [-0.3, -0.25) is 0 Å². The number of benzene rings is 2. The number of fused-ring (bicyclic) bond motifs is 1. The summed E-state index contributed by atoms with van der Waals surface area (Å²) in [7, 11) is 0. The first-order valence-corrected chi connectivity index (χ1v) is 9.34. The van der Waals surface area contributed by atoms with Crippen LogP contribution in [0.5, 0.6) is 0 Å². The standard InChI is InChI=1S/C22H27N3/c1-17(16-18-6-8-20(23)9-7-18)24-13-11-21(12-14-24)25-15-10-19-4-2-3-5-22(19)25/h2-9,16,21H,10-15,23H2,1H3. The van der Waals surface area contributed by atoms with Crippen molar-refractivity contribution >= 4 is 17.5 Å². The van der Waals surface area contributed by atoms with Crippen LogP contribution < -0.4 is 10.6 Å². The third kappa shape index (κ3) is 3.37. The minimum absolute atomic E-state index is 0.684. The van der Waals surface area contributed by atoms with Crippen LogP contribution in [0.2, 0.25) is 0 Å². The van der Waals surface area contributed by atoms with E-state index in [0.29, 0.717) is 6.04 Å². The number of nitrogens with two attached hydrogens (primary N) is 1. The topological polar surface area (TPSA) is 32.5 Å². The zero-order chi connectivity index (χ0) is 17.2. The van der Waals surface area contributed by atoms with Crippen molar-refractivity contribution in [1.82, 2.24) is 4.90 Å². The van der Waals surface area contributed by atoms with E-state index in [1.165, 1.54) is 48.3 Å². The number of para-hydroxylation sites is 1. The van der Waals surface area contributed by atoms with Crippen molar-refractivity contribution in [2.75, 3.05) is 30.3 Å². The average molecular weight is 333 g/mol. The third-order valence-corrected chi connectivity index (χ3v) is 5.64. The van der Waals surface area contributed by atoms with Crippen molar-refractivity contribution in [3.63, 3.8) is 0 Å². The lowest BCUT2D eigenvalue weighted by Gasteiger charge is -2.39. The second-order valence-corrected chi connectivity index (χ2v) is 7.24. The van der Waals surface area contributed by atoms with Crippen LogP contribution in [-0.4, -0.2) is 30.6 Å². The number of rotatable bonds is 3. The predicted octanol–water partition coefficient (Wildman–Crippen LogP) is 4.16. The fourth-order valence-electron chi connectivity index (χ4n) is 4.20. The quantitative estimate of drug-likeness (QED) is 0.856. The Morgan fingerprint density at radius 1 is 1.00 bits per heavy atom. The van der Waals surface area contributed by atoms with Gasteiger partial charge in [-0.25, -0.2) is 0 Å². The maximum absolute atomic E-state index is 5.77. The van der Waals surface area contributed by atoms with E-state index in [1.54, 1.807) is 0 Å². The van der Waals surface area contributed by atoms with Crippen LogP contribution in [0.3, 0.4) is 0 Å². The first-order valence-electron chi connectivity index (χ1n) is 9.34. The molecular formula is C22H27N3. The molecule has 2 aliphatic rings. The molecule has 0 unspecified atom stereocenters. The van der Waals surface area contributed by atoms with E-state index in [-0.39, 0.29) is 0 Å². The van der Waals surface area contributed by atoms with Gasteiger partial charge in [0.2, 0.25) is 0 Å². The Morgan fingerprint density at radius 2 is 1.72 bits per heavy atom. The van der Waals surface area contributed by atoms with Gasteiger partial charge >= 0.3 is 0 Å². The molecule has 0 spiro atoms. The number of nitrogens with zero attached hydrogens (tertiary/aromatic N) is 2. The molecule has 1 saturated heterocycles. The molecule has 3 heteroatoms. The predicted molar refractivity (Wildman–Crippen MR) is 107 cm³/mol. The maximum atomic E-state index is 5.77. The lowest BCUT2D eigenvalue weighted by molar-refractivity contribution is 0.261. The SMILES string of the molecule is CC(=Cc1ccc(N)cc1)N1CCC(N2CCc3ccccc32)CC1. The van der Waals surface area contributed by atoms with Crippen LogP contribution in [-0.2, 0) is 6.42 Å². The minimum atomic E-state index is 0.684. The summed E-state index contributed by atoms with van der Waals surface area (Å²) in [5.74, 6) is 0. The van der Waals surface area contributed by atoms with E-state index in [1.807, 2.05) is 12.1 Å². The highest BCUT2D eigenvalue weighted by Crippen LogP contribution is 2.32. The second kappa shape index (κ2) is 6.83. The third-order valence-electron chi connectivity index (χ3n) is 5.64. The molecule has 0 aromatic heterocycles. The normalized spacial score (nSPS) is 18.5. The highest BCUT2D eigenvalue weighted by Gasteiger charge is 2.28. The van der Waals surface area contributed by atoms with Gasteiger partial charge in [0.25, 0.3) is 0 Å². The van der Waals surface area contributed by atoms with Gasteiger partial charge in [0.15, 0.2) is 0 Å². The Bertz CT molecular complexity index is 755. The van der Waals surface area contributed by atoms with Crippen LogP contribution in [0.15, 0.2) is 54.2 Å². The number of nitrogen functional groups attached to an aromatic ring is 1. The van der Waals surface area contributed by atoms with E-state index >= 15 is 0 Å². The van der Waals surface area contributed by atoms with Crippen molar-refractivity contribution in [2.45, 2.75) is 32.2 Å². The van der Waals surface area contributed by atoms with Gasteiger partial charge in [-0.15, -0.1) is 0 Å². The van der Waals surface area contributed by atoms with Gasteiger partial charge in [-0.1, -0.05) is 30.3 Å². The average Bonchev–Trinajstić information content (AvgIpc) is 3.08. The van der Waals surface area contributed by atoms with Crippen molar-refractivity contribution in [1.29, 1.82) is 0 Å². The second-order valence-electron chi connectivity index (χ2n) is 7.24. The summed E-state index contributed by atoms with van der Waals surface area (Å²) < 4.78 is 0. The van der Waals surface area contributed by atoms with Crippen molar-refractivity contribution in [3.8, 4) is 0 Å². The highest BCUT2D eigenvalue weighted by molar-refractivity contribution is 5.59. The maximum Gasteiger partial charge on any atom is 0.0402 e. The smallest absolute Gasteiger partial charge is 0.0402 e. The fraction of sp³-hybridized carbons (Fsp3) is 0.364. The van der Waals surface area contributed by atoms with Gasteiger partial charge in [-0.2, -0.15) is 0 Å². The van der Waals surface area contributed by atoms with Crippen LogP contribution in [0.25, 0.3) is 6.08 Å². The molecule has 0 bridgehead atoms. The molecule has 2 aromatic rings. The summed E-state index contributed by atoms with van der Waals surface area (Å²) in [5.41, 5.74) is 12.2. The fourth-order valence-corrected chi connectivity index (χ4v) is 4.20. The molecule has 2 aliphatic heterocycles. The summed E-state index contributed by atoms with van der Waals surface area (Å²) in [4.78, 5) is 5.17. The van der Waals surface area contributed by atoms with Crippen LogP contribution in [0.1, 0.15) is 30.9 Å². The Hall–Kier alpha value is -2.42. The Labute approximate surface area is 150 Å². The summed E-state index contributed by atoms with van der Waals surface area (Å²) in [6, 6.07) is 17.7. The number of anilines is 2. The first kappa shape index (κ1) is 16.1. The molecule has 0 amide bonds. The van der Waals surface area contributed by atoms with Gasteiger partial charge in [0, 0.05) is 42.7 Å². The summed E-state index contributed by atoms with van der Waals surface area (Å²) in [6.45, 7) is 5.69. The number of piperidine rings is 1. The number of allylic oxidation sites excluding steroid dienone is 1. The van der Waals surface area contributed by atoms with Crippen molar-refractivity contribution in [2.24, 2.45) is 0 Å². The largest absolute Gasteiger partial charge is 0.399 e. The molecule has 1 fully saturated rings. The molecule has 0 atom stereocenters. The monoisotopic (exact) mass is 333 g/mol. The molecule has 130 valence electrons. The molecule has 2 N–H and O–H groups in total. The molecule has 25 heavy (non-hydrogen) atoms. The lowest BCUT2D eigenvalue weighted by Crippen LogP contribution is -2.43. The van der Waals surface area contributed by atoms with E-state index in [9.17, 15) is 0 Å². The summed E-state index contributed by atoms with van der Waals surface area (Å²) >= 11 is 0. The van der Waals surface area contributed by atoms with E-state index in [0.717, 1.165) is 18.8 Å². The van der Waals surface area contributed by atoms with Gasteiger partial charge in [-0.05, 0) is 61.6 Å². The number of hydrogen-bond donors (Lipinski definition) is 1. The van der Waals surface area contributed by atoms with Crippen LogP contribution >= 0.6 is 0 Å². The minimum Gasteiger partial charge on any atom is -0.399 e. The Kier molecular flexibility index (Phi) is 4.39. The molecular weight excluding hydrogens is 306 g/mol. The molecule has 4 rings (SSSR count). The van der Waals surface area contributed by atoms with Gasteiger partial charge in [0.1, 0.15) is 0 Å². The van der Waals surface area contributed by atoms with Crippen molar-refractivity contribution in [3.05, 3.63) is 65.4 Å². The Balaban J connectivity index is 1.39. The van der Waals surface area contributed by atoms with Crippen molar-refractivity contribution < 1.29 is 0 Å². The van der Waals surface area contributed by atoms with E-state index in [4.69, 9.17) is 5.73 Å². The van der Waals surface area contributed by atoms with E-state index in [2.05, 4.69) is 59.2 Å². The molecule has 0 aliphatic carbocycles. The highest BCUT2D eigenvalue weighted by atomic mass is 15.2. The van der Waals surface area contributed by atoms with Gasteiger partial charge in [0.05, 0.1) is 0 Å². The molecule has 0 radical (unpaired) electrons. The lowest BCUT2D eigenvalue weighted by atomic mass is 10.0. The number of likely N-dealkylation sites (tertiary alicyclic amines) is 1. The first-order chi connectivity index (χ1) is 12.2. The van der Waals surface area contributed by atoms with Gasteiger partial charge < -0.3 is 15.5 Å². The molecule has 2 aromatic carbocycles. The number of hydrogen-bond acceptors (Lipinski definition) is 3. The zero-order valence-corrected chi connectivity index (χ0v) is 15.0. The zero-order valence-electron chi connectivity index (χ0n) is 15.0. The summed E-state index contributed by atoms with van der Waals surface area (Å²) in [5, 5.41) is 0. The molecule has 0 saturated carbocycles. The van der Waals surface area contributed by atoms with Crippen LogP contribution in [0.4, 0.5) is 11.4 Å². The van der Waals surface area contributed by atoms with E-state index < -0.39 is 0 Å². The molecule has 3 nitrogen and oxygen atoms in total. The Morgan fingerprint density at radius 3 is 2.48 bits per heavy atom. The molecule has 2 heterocycles.